The van der Waals surface area contributed by atoms with E-state index in [2.05, 4.69) is 5.32 Å². The van der Waals surface area contributed by atoms with Crippen molar-refractivity contribution in [1.29, 1.82) is 0 Å². The summed E-state index contributed by atoms with van der Waals surface area (Å²) in [5.41, 5.74) is 5.54. The summed E-state index contributed by atoms with van der Waals surface area (Å²) in [6, 6.07) is 2.57. The van der Waals surface area contributed by atoms with Crippen molar-refractivity contribution in [3.8, 4) is 11.5 Å². The van der Waals surface area contributed by atoms with Crippen LogP contribution < -0.4 is 20.5 Å². The molecule has 1 unspecified atom stereocenters. The summed E-state index contributed by atoms with van der Waals surface area (Å²) < 4.78 is 10.4. The summed E-state index contributed by atoms with van der Waals surface area (Å²) >= 11 is 0. The van der Waals surface area contributed by atoms with E-state index in [1.165, 1.54) is 33.2 Å². The fourth-order valence-electron chi connectivity index (χ4n) is 1.46. The molecular formula is C12H16N2O5. The van der Waals surface area contributed by atoms with Crippen LogP contribution in [0.5, 0.6) is 11.5 Å². The Morgan fingerprint density at radius 2 is 2.00 bits per heavy atom. The molecule has 1 atom stereocenters. The molecule has 1 aromatic rings. The number of nitrogens with two attached hydrogens (primary N) is 1. The molecule has 7 heteroatoms. The molecule has 1 aromatic carbocycles. The molecule has 19 heavy (non-hydrogen) atoms. The van der Waals surface area contributed by atoms with Crippen molar-refractivity contribution < 1.29 is 24.2 Å². The molecule has 0 radical (unpaired) electrons. The number of aromatic carboxylic acids is 1. The molecule has 1 amide bonds. The van der Waals surface area contributed by atoms with Gasteiger partial charge in [0.2, 0.25) is 0 Å². The predicted octanol–water partition coefficient (Wildman–Crippen LogP) is 0.489. The van der Waals surface area contributed by atoms with Crippen LogP contribution in [0.4, 0.5) is 5.69 Å². The number of carbonyl (C=O) groups excluding carboxylic acids is 1. The number of nitrogens with one attached hydrogen (secondary N) is 1. The molecule has 0 saturated heterocycles. The Kier molecular flexibility index (Phi) is 4.57. The third kappa shape index (κ3) is 3.27. The quantitative estimate of drug-likeness (QED) is 0.670. The van der Waals surface area contributed by atoms with Crippen LogP contribution in [0.2, 0.25) is 0 Å². The predicted molar refractivity (Wildman–Crippen MR) is 68.5 cm³/mol. The first kappa shape index (κ1) is 14.6. The molecule has 0 aliphatic carbocycles. The van der Waals surface area contributed by atoms with Crippen molar-refractivity contribution in [3.05, 3.63) is 17.7 Å². The minimum absolute atomic E-state index is 0.0595. The van der Waals surface area contributed by atoms with E-state index in [9.17, 15) is 9.59 Å². The fourth-order valence-corrected chi connectivity index (χ4v) is 1.46. The van der Waals surface area contributed by atoms with Gasteiger partial charge in [0.15, 0.2) is 17.6 Å². The topological polar surface area (TPSA) is 111 Å². The second-order valence-electron chi connectivity index (χ2n) is 3.77. The van der Waals surface area contributed by atoms with Crippen molar-refractivity contribution in [2.24, 2.45) is 0 Å². The highest BCUT2D eigenvalue weighted by Gasteiger charge is 2.19. The molecule has 4 N–H and O–H groups in total. The number of methoxy groups -OCH3 is 1. The Morgan fingerprint density at radius 3 is 2.47 bits per heavy atom. The second-order valence-corrected chi connectivity index (χ2v) is 3.77. The summed E-state index contributed by atoms with van der Waals surface area (Å²) in [5.74, 6) is -1.11. The molecule has 0 fully saturated rings. The Morgan fingerprint density at radius 1 is 1.37 bits per heavy atom. The number of rotatable bonds is 5. The van der Waals surface area contributed by atoms with Crippen molar-refractivity contribution in [2.75, 3.05) is 19.9 Å². The van der Waals surface area contributed by atoms with Gasteiger partial charge in [-0.15, -0.1) is 0 Å². The van der Waals surface area contributed by atoms with Crippen LogP contribution in [-0.2, 0) is 4.79 Å². The largest absolute Gasteiger partial charge is 0.493 e. The number of carboxylic acid groups (broad SMARTS) is 1. The zero-order valence-electron chi connectivity index (χ0n) is 10.9. The summed E-state index contributed by atoms with van der Waals surface area (Å²) in [6.45, 7) is 1.54. The molecule has 7 nitrogen and oxygen atoms in total. The maximum absolute atomic E-state index is 11.4. The van der Waals surface area contributed by atoms with Gasteiger partial charge in [-0.25, -0.2) is 4.79 Å². The van der Waals surface area contributed by atoms with Gasteiger partial charge in [0.05, 0.1) is 18.4 Å². The number of amides is 1. The lowest BCUT2D eigenvalue weighted by Gasteiger charge is -2.17. The first-order valence-corrected chi connectivity index (χ1v) is 5.49. The number of hydrogen-bond acceptors (Lipinski definition) is 5. The first-order valence-electron chi connectivity index (χ1n) is 5.49. The third-order valence-electron chi connectivity index (χ3n) is 2.49. The second kappa shape index (κ2) is 5.94. The fraction of sp³-hybridized carbons (Fsp3) is 0.333. The lowest BCUT2D eigenvalue weighted by molar-refractivity contribution is -0.126. The van der Waals surface area contributed by atoms with Crippen molar-refractivity contribution in [1.82, 2.24) is 5.32 Å². The molecular weight excluding hydrogens is 252 g/mol. The zero-order valence-corrected chi connectivity index (χ0v) is 10.9. The van der Waals surface area contributed by atoms with Gasteiger partial charge in [-0.3, -0.25) is 4.79 Å². The van der Waals surface area contributed by atoms with Crippen LogP contribution in [0, 0.1) is 0 Å². The lowest BCUT2D eigenvalue weighted by atomic mass is 10.1. The number of anilines is 1. The maximum atomic E-state index is 11.4. The SMILES string of the molecule is CNC(=O)C(C)Oc1cc(C(=O)O)c(N)cc1OC. The smallest absolute Gasteiger partial charge is 0.337 e. The average Bonchev–Trinajstić information content (AvgIpc) is 2.38. The standard InChI is InChI=1S/C12H16N2O5/c1-6(11(15)14-2)19-10-4-7(12(16)17)8(13)5-9(10)18-3/h4-6H,13H2,1-3H3,(H,14,15)(H,16,17). The summed E-state index contributed by atoms with van der Waals surface area (Å²) in [5, 5.41) is 11.4. The Bertz CT molecular complexity index is 501. The van der Waals surface area contributed by atoms with Crippen LogP contribution in [0.1, 0.15) is 17.3 Å². The van der Waals surface area contributed by atoms with E-state index in [1.54, 1.807) is 0 Å². The first-order chi connectivity index (χ1) is 8.90. The van der Waals surface area contributed by atoms with E-state index >= 15 is 0 Å². The highest BCUT2D eigenvalue weighted by atomic mass is 16.5. The van der Waals surface area contributed by atoms with Gasteiger partial charge in [-0.05, 0) is 6.92 Å². The van der Waals surface area contributed by atoms with Gasteiger partial charge in [0.25, 0.3) is 5.91 Å². The van der Waals surface area contributed by atoms with E-state index < -0.39 is 12.1 Å². The molecule has 0 heterocycles. The number of ether oxygens (including phenoxy) is 2. The highest BCUT2D eigenvalue weighted by Crippen LogP contribution is 2.32. The summed E-state index contributed by atoms with van der Waals surface area (Å²) in [4.78, 5) is 22.4. The van der Waals surface area contributed by atoms with E-state index in [0.717, 1.165) is 0 Å². The average molecular weight is 268 g/mol. The van der Waals surface area contributed by atoms with Gasteiger partial charge in [0, 0.05) is 19.2 Å². The number of nitrogen functional groups attached to an aromatic ring is 1. The van der Waals surface area contributed by atoms with Gasteiger partial charge in [-0.1, -0.05) is 0 Å². The number of benzene rings is 1. The number of hydrogen-bond donors (Lipinski definition) is 3. The van der Waals surface area contributed by atoms with Crippen LogP contribution in [0.15, 0.2) is 12.1 Å². The molecule has 0 aromatic heterocycles. The van der Waals surface area contributed by atoms with Crippen LogP contribution in [-0.4, -0.2) is 37.2 Å². The number of carbonyl (C=O) groups is 2. The van der Waals surface area contributed by atoms with Gasteiger partial charge < -0.3 is 25.6 Å². The number of carboxylic acids is 1. The van der Waals surface area contributed by atoms with E-state index in [0.29, 0.717) is 0 Å². The van der Waals surface area contributed by atoms with Gasteiger partial charge >= 0.3 is 5.97 Å². The van der Waals surface area contributed by atoms with Gasteiger partial charge in [-0.2, -0.15) is 0 Å². The molecule has 0 spiro atoms. The van der Waals surface area contributed by atoms with Crippen molar-refractivity contribution in [3.63, 3.8) is 0 Å². The molecule has 0 aliphatic rings. The van der Waals surface area contributed by atoms with E-state index in [-0.39, 0.29) is 28.7 Å². The van der Waals surface area contributed by atoms with E-state index in [4.69, 9.17) is 20.3 Å². The normalized spacial score (nSPS) is 11.5. The molecule has 0 saturated carbocycles. The molecule has 0 bridgehead atoms. The van der Waals surface area contributed by atoms with E-state index in [1.807, 2.05) is 0 Å². The third-order valence-corrected chi connectivity index (χ3v) is 2.49. The Balaban J connectivity index is 3.14. The highest BCUT2D eigenvalue weighted by molar-refractivity contribution is 5.94. The molecule has 1 rings (SSSR count). The minimum atomic E-state index is -1.18. The van der Waals surface area contributed by atoms with Crippen LogP contribution in [0.3, 0.4) is 0 Å². The molecule has 0 aliphatic heterocycles. The van der Waals surface area contributed by atoms with Crippen molar-refractivity contribution >= 4 is 17.6 Å². The van der Waals surface area contributed by atoms with Crippen molar-refractivity contribution in [2.45, 2.75) is 13.0 Å². The summed E-state index contributed by atoms with van der Waals surface area (Å²) in [7, 11) is 2.87. The zero-order chi connectivity index (χ0) is 14.6. The van der Waals surface area contributed by atoms with Crippen LogP contribution >= 0.6 is 0 Å². The maximum Gasteiger partial charge on any atom is 0.337 e. The lowest BCUT2D eigenvalue weighted by Crippen LogP contribution is -2.33. The van der Waals surface area contributed by atoms with Crippen LogP contribution in [0.25, 0.3) is 0 Å². The monoisotopic (exact) mass is 268 g/mol. The molecule has 104 valence electrons. The Hall–Kier alpha value is -2.44. The van der Waals surface area contributed by atoms with Gasteiger partial charge in [0.1, 0.15) is 0 Å². The number of likely N-dealkylation sites (N-methyl/N-ethyl adjacent to an activating group) is 1. The summed E-state index contributed by atoms with van der Waals surface area (Å²) in [6.07, 6.45) is -0.788. The minimum Gasteiger partial charge on any atom is -0.493 e. The Labute approximate surface area is 110 Å².